The highest BCUT2D eigenvalue weighted by Gasteiger charge is 2.26. The van der Waals surface area contributed by atoms with E-state index >= 15 is 0 Å². The molecule has 1 aromatic heterocycles. The van der Waals surface area contributed by atoms with Crippen molar-refractivity contribution < 1.29 is 19.0 Å². The third-order valence-electron chi connectivity index (χ3n) is 5.01. The van der Waals surface area contributed by atoms with Crippen molar-refractivity contribution in [1.82, 2.24) is 10.2 Å². The van der Waals surface area contributed by atoms with Crippen LogP contribution >= 0.6 is 11.3 Å². The normalized spacial score (nSPS) is 16.5. The van der Waals surface area contributed by atoms with Crippen LogP contribution in [0.3, 0.4) is 0 Å². The Labute approximate surface area is 164 Å². The molecule has 0 bridgehead atoms. The number of hydrogen-bond donors (Lipinski definition) is 1. The summed E-state index contributed by atoms with van der Waals surface area (Å²) in [5.41, 5.74) is 2.19. The molecule has 3 rings (SSSR count). The van der Waals surface area contributed by atoms with Crippen LogP contribution in [0.5, 0.6) is 17.2 Å². The lowest BCUT2D eigenvalue weighted by molar-refractivity contribution is -0.123. The van der Waals surface area contributed by atoms with E-state index in [1.54, 1.807) is 38.7 Å². The van der Waals surface area contributed by atoms with Crippen LogP contribution in [0.1, 0.15) is 29.0 Å². The molecule has 0 aliphatic carbocycles. The van der Waals surface area contributed by atoms with Crippen LogP contribution < -0.4 is 19.5 Å². The van der Waals surface area contributed by atoms with Gasteiger partial charge >= 0.3 is 0 Å². The number of hydrogen-bond acceptors (Lipinski definition) is 6. The minimum atomic E-state index is -0.00244. The molecule has 1 aliphatic rings. The van der Waals surface area contributed by atoms with E-state index in [9.17, 15) is 4.79 Å². The van der Waals surface area contributed by atoms with Crippen molar-refractivity contribution in [2.75, 3.05) is 34.4 Å². The van der Waals surface area contributed by atoms with Crippen molar-refractivity contribution in [3.63, 3.8) is 0 Å². The first-order chi connectivity index (χ1) is 13.1. The second-order valence-electron chi connectivity index (χ2n) is 6.49. The number of ether oxygens (including phenoxy) is 3. The van der Waals surface area contributed by atoms with Gasteiger partial charge in [0.2, 0.25) is 5.91 Å². The molecule has 2 heterocycles. The van der Waals surface area contributed by atoms with E-state index in [1.165, 1.54) is 10.4 Å². The standard InChI is InChI=1S/C20H26N2O4S/c1-13-15-6-8-27-19(15)5-7-22(13)12-20(23)21-11-14-9-17(25-3)18(26-4)10-16(14)24-2/h6,8-10,13H,5,7,11-12H2,1-4H3,(H,21,23)/t13-/m1/s1. The Morgan fingerprint density at radius 2 is 1.89 bits per heavy atom. The summed E-state index contributed by atoms with van der Waals surface area (Å²) in [4.78, 5) is 16.2. The number of thiophene rings is 1. The van der Waals surface area contributed by atoms with Crippen LogP contribution in [0, 0.1) is 0 Å². The SMILES string of the molecule is COc1cc(OC)c(OC)cc1CNC(=O)CN1CCc2sccc2[C@H]1C. The molecule has 2 aromatic rings. The van der Waals surface area contributed by atoms with Crippen LogP contribution in [-0.4, -0.2) is 45.2 Å². The molecule has 0 saturated carbocycles. The summed E-state index contributed by atoms with van der Waals surface area (Å²) in [6, 6.07) is 6.04. The van der Waals surface area contributed by atoms with E-state index in [0.29, 0.717) is 30.3 Å². The molecular formula is C20H26N2O4S. The van der Waals surface area contributed by atoms with Gasteiger partial charge in [0.05, 0.1) is 27.9 Å². The van der Waals surface area contributed by atoms with Gasteiger partial charge in [0.25, 0.3) is 0 Å². The second-order valence-corrected chi connectivity index (χ2v) is 7.49. The van der Waals surface area contributed by atoms with Crippen LogP contribution in [0.15, 0.2) is 23.6 Å². The maximum Gasteiger partial charge on any atom is 0.234 e. The van der Waals surface area contributed by atoms with E-state index in [0.717, 1.165) is 18.5 Å². The van der Waals surface area contributed by atoms with Gasteiger partial charge < -0.3 is 19.5 Å². The van der Waals surface area contributed by atoms with Crippen LogP contribution in [0.4, 0.5) is 0 Å². The molecule has 1 atom stereocenters. The molecule has 0 unspecified atom stereocenters. The molecule has 0 fully saturated rings. The predicted molar refractivity (Wildman–Crippen MR) is 106 cm³/mol. The highest BCUT2D eigenvalue weighted by molar-refractivity contribution is 7.10. The van der Waals surface area contributed by atoms with Crippen LogP contribution in [0.25, 0.3) is 0 Å². The third kappa shape index (κ3) is 4.20. The smallest absolute Gasteiger partial charge is 0.234 e. The zero-order chi connectivity index (χ0) is 19.4. The highest BCUT2D eigenvalue weighted by atomic mass is 32.1. The van der Waals surface area contributed by atoms with Crippen molar-refractivity contribution in [2.24, 2.45) is 0 Å². The largest absolute Gasteiger partial charge is 0.496 e. The maximum atomic E-state index is 12.5. The van der Waals surface area contributed by atoms with Crippen molar-refractivity contribution in [3.8, 4) is 17.2 Å². The third-order valence-corrected chi connectivity index (χ3v) is 6.01. The summed E-state index contributed by atoms with van der Waals surface area (Å²) >= 11 is 1.80. The van der Waals surface area contributed by atoms with E-state index in [-0.39, 0.29) is 11.9 Å². The molecule has 1 N–H and O–H groups in total. The van der Waals surface area contributed by atoms with Crippen LogP contribution in [0.2, 0.25) is 0 Å². The van der Waals surface area contributed by atoms with Gasteiger partial charge in [-0.2, -0.15) is 0 Å². The molecule has 6 nitrogen and oxygen atoms in total. The first-order valence-corrected chi connectivity index (χ1v) is 9.81. The van der Waals surface area contributed by atoms with Gasteiger partial charge in [-0.05, 0) is 36.4 Å². The fourth-order valence-corrected chi connectivity index (χ4v) is 4.40. The fourth-order valence-electron chi connectivity index (χ4n) is 3.44. The zero-order valence-corrected chi connectivity index (χ0v) is 17.0. The number of nitrogens with zero attached hydrogens (tertiary/aromatic N) is 1. The fraction of sp³-hybridized carbons (Fsp3) is 0.450. The molecule has 0 saturated heterocycles. The number of benzene rings is 1. The lowest BCUT2D eigenvalue weighted by atomic mass is 10.0. The van der Waals surface area contributed by atoms with Crippen molar-refractivity contribution in [1.29, 1.82) is 0 Å². The molecule has 146 valence electrons. The number of nitrogens with one attached hydrogen (secondary N) is 1. The molecule has 0 spiro atoms. The summed E-state index contributed by atoms with van der Waals surface area (Å²) in [6.07, 6.45) is 1.01. The average Bonchev–Trinajstić information content (AvgIpc) is 3.17. The van der Waals surface area contributed by atoms with E-state index in [2.05, 4.69) is 28.6 Å². The summed E-state index contributed by atoms with van der Waals surface area (Å²) < 4.78 is 16.1. The van der Waals surface area contributed by atoms with Gasteiger partial charge in [0.1, 0.15) is 5.75 Å². The molecule has 1 aromatic carbocycles. The molecule has 7 heteroatoms. The Hall–Kier alpha value is -2.25. The van der Waals surface area contributed by atoms with E-state index in [4.69, 9.17) is 14.2 Å². The molecular weight excluding hydrogens is 364 g/mol. The Morgan fingerprint density at radius 1 is 1.19 bits per heavy atom. The number of fused-ring (bicyclic) bond motifs is 1. The van der Waals surface area contributed by atoms with Gasteiger partial charge in [-0.1, -0.05) is 0 Å². The van der Waals surface area contributed by atoms with Gasteiger partial charge in [0.15, 0.2) is 11.5 Å². The molecule has 0 radical (unpaired) electrons. The topological polar surface area (TPSA) is 60.0 Å². The average molecular weight is 391 g/mol. The first kappa shape index (κ1) is 19.5. The van der Waals surface area contributed by atoms with E-state index in [1.807, 2.05) is 6.07 Å². The minimum absolute atomic E-state index is 0.00244. The lowest BCUT2D eigenvalue weighted by Gasteiger charge is -2.32. The lowest BCUT2D eigenvalue weighted by Crippen LogP contribution is -2.41. The van der Waals surface area contributed by atoms with Gasteiger partial charge in [-0.15, -0.1) is 11.3 Å². The highest BCUT2D eigenvalue weighted by Crippen LogP contribution is 2.35. The number of rotatable bonds is 7. The maximum absolute atomic E-state index is 12.5. The minimum Gasteiger partial charge on any atom is -0.496 e. The van der Waals surface area contributed by atoms with Crippen molar-refractivity contribution in [3.05, 3.63) is 39.6 Å². The Morgan fingerprint density at radius 3 is 2.59 bits per heavy atom. The summed E-state index contributed by atoms with van der Waals surface area (Å²) in [6.45, 7) is 3.82. The summed E-state index contributed by atoms with van der Waals surface area (Å²) in [7, 11) is 4.76. The van der Waals surface area contributed by atoms with Gasteiger partial charge in [0, 0.05) is 35.6 Å². The first-order valence-electron chi connectivity index (χ1n) is 8.93. The quantitative estimate of drug-likeness (QED) is 0.788. The number of carbonyl (C=O) groups is 1. The van der Waals surface area contributed by atoms with Gasteiger partial charge in [-0.3, -0.25) is 9.69 Å². The molecule has 27 heavy (non-hydrogen) atoms. The number of methoxy groups -OCH3 is 3. The Kier molecular flexibility index (Phi) is 6.23. The monoisotopic (exact) mass is 390 g/mol. The molecule has 1 amide bonds. The number of carbonyl (C=O) groups excluding carboxylic acids is 1. The Balaban J connectivity index is 1.63. The van der Waals surface area contributed by atoms with Crippen molar-refractivity contribution >= 4 is 17.2 Å². The number of amides is 1. The zero-order valence-electron chi connectivity index (χ0n) is 16.2. The van der Waals surface area contributed by atoms with Crippen molar-refractivity contribution in [2.45, 2.75) is 25.9 Å². The van der Waals surface area contributed by atoms with Gasteiger partial charge in [-0.25, -0.2) is 0 Å². The Bertz CT molecular complexity index is 805. The molecule has 1 aliphatic heterocycles. The van der Waals surface area contributed by atoms with Crippen LogP contribution in [-0.2, 0) is 17.8 Å². The summed E-state index contributed by atoms with van der Waals surface area (Å²) in [5, 5.41) is 5.13. The van der Waals surface area contributed by atoms with E-state index < -0.39 is 0 Å². The second kappa shape index (κ2) is 8.63. The summed E-state index contributed by atoms with van der Waals surface area (Å²) in [5.74, 6) is 1.86. The predicted octanol–water partition coefficient (Wildman–Crippen LogP) is 3.01.